The van der Waals surface area contributed by atoms with E-state index < -0.39 is 5.91 Å². The van der Waals surface area contributed by atoms with Crippen LogP contribution in [0.15, 0.2) is 36.5 Å². The molecule has 1 atom stereocenters. The molecule has 6 nitrogen and oxygen atoms in total. The largest absolute Gasteiger partial charge is 0.356 e. The van der Waals surface area contributed by atoms with E-state index in [-0.39, 0.29) is 11.3 Å². The molecule has 1 aliphatic carbocycles. The molecule has 1 aromatic heterocycles. The molecule has 2 aromatic rings. The minimum Gasteiger partial charge on any atom is -0.356 e. The van der Waals surface area contributed by atoms with Gasteiger partial charge in [0.05, 0.1) is 17.3 Å². The number of pyridine rings is 1. The van der Waals surface area contributed by atoms with Gasteiger partial charge in [-0.15, -0.1) is 0 Å². The van der Waals surface area contributed by atoms with Gasteiger partial charge < -0.3 is 5.32 Å². The second kappa shape index (κ2) is 6.21. The monoisotopic (exact) mass is 351 g/mol. The lowest BCUT2D eigenvalue weighted by Gasteiger charge is -2.32. The lowest BCUT2D eigenvalue weighted by Crippen LogP contribution is -2.36. The molecular weight excluding hydrogens is 330 g/mol. The predicted octanol–water partition coefficient (Wildman–Crippen LogP) is 2.42. The maximum Gasteiger partial charge on any atom is 0.282 e. The van der Waals surface area contributed by atoms with Crippen molar-refractivity contribution in [3.8, 4) is 0 Å². The van der Waals surface area contributed by atoms with Gasteiger partial charge in [-0.25, -0.2) is 0 Å². The molecule has 4 rings (SSSR count). The molecule has 2 aliphatic rings. The third kappa shape index (κ3) is 2.76. The Kier molecular flexibility index (Phi) is 4.00. The zero-order chi connectivity index (χ0) is 18.3. The van der Waals surface area contributed by atoms with Crippen LogP contribution in [-0.4, -0.2) is 28.6 Å². The van der Waals surface area contributed by atoms with E-state index in [9.17, 15) is 14.8 Å². The van der Waals surface area contributed by atoms with Crippen molar-refractivity contribution >= 4 is 17.5 Å². The van der Waals surface area contributed by atoms with E-state index >= 15 is 0 Å². The van der Waals surface area contributed by atoms with Crippen molar-refractivity contribution in [2.75, 3.05) is 11.6 Å². The van der Waals surface area contributed by atoms with Crippen molar-refractivity contribution < 1.29 is 14.8 Å². The summed E-state index contributed by atoms with van der Waals surface area (Å²) < 4.78 is 0. The Balaban J connectivity index is 1.57. The molecule has 1 aliphatic heterocycles. The van der Waals surface area contributed by atoms with Gasteiger partial charge in [-0.05, 0) is 68.0 Å². The van der Waals surface area contributed by atoms with E-state index in [4.69, 9.17) is 0 Å². The van der Waals surface area contributed by atoms with Crippen molar-refractivity contribution in [1.82, 2.24) is 10.3 Å². The number of nitrogens with one attached hydrogen (secondary N) is 1. The van der Waals surface area contributed by atoms with Gasteiger partial charge in [-0.2, -0.15) is 5.06 Å². The van der Waals surface area contributed by atoms with Crippen LogP contribution in [-0.2, 0) is 17.6 Å². The van der Waals surface area contributed by atoms with E-state index in [0.717, 1.165) is 42.6 Å². The molecule has 134 valence electrons. The van der Waals surface area contributed by atoms with Crippen LogP contribution in [0.25, 0.3) is 0 Å². The molecule has 1 fully saturated rings. The maximum absolute atomic E-state index is 12.6. The third-order valence-corrected chi connectivity index (χ3v) is 5.56. The van der Waals surface area contributed by atoms with Crippen molar-refractivity contribution in [2.24, 2.45) is 5.41 Å². The zero-order valence-electron chi connectivity index (χ0n) is 14.7. The van der Waals surface area contributed by atoms with Gasteiger partial charge in [0, 0.05) is 17.8 Å². The molecule has 0 bridgehead atoms. The van der Waals surface area contributed by atoms with Crippen LogP contribution in [0, 0.1) is 12.3 Å². The van der Waals surface area contributed by atoms with Gasteiger partial charge in [0.2, 0.25) is 5.91 Å². The smallest absolute Gasteiger partial charge is 0.282 e. The van der Waals surface area contributed by atoms with E-state index in [2.05, 4.69) is 10.3 Å². The number of carbonyl (C=O) groups excluding carboxylic acids is 2. The highest BCUT2D eigenvalue weighted by atomic mass is 16.5. The number of hydrogen-bond acceptors (Lipinski definition) is 4. The van der Waals surface area contributed by atoms with E-state index in [1.165, 1.54) is 6.20 Å². The van der Waals surface area contributed by atoms with E-state index in [0.29, 0.717) is 22.7 Å². The molecular formula is C20H21N3O3. The second-order valence-corrected chi connectivity index (χ2v) is 7.22. The molecule has 1 saturated heterocycles. The van der Waals surface area contributed by atoms with Gasteiger partial charge in [0.15, 0.2) is 0 Å². The SMILES string of the molecule is Cc1ccc(N(O)C(=O)c2ccc3c(c2)CC[C@@]2(CCNC2=O)C3)cn1. The fourth-order valence-electron chi connectivity index (χ4n) is 3.94. The van der Waals surface area contributed by atoms with Crippen molar-refractivity contribution in [1.29, 1.82) is 0 Å². The standard InChI is InChI=1S/C20H21N3O3/c1-13-2-5-17(12-22-13)23(26)18(24)15-3-4-16-11-20(7-6-14(16)10-15)8-9-21-19(20)25/h2-5,10,12,26H,6-9,11H2,1H3,(H,21,25)/t20-/m1/s1. The van der Waals surface area contributed by atoms with Crippen LogP contribution in [0.2, 0.25) is 0 Å². The Morgan fingerprint density at radius 1 is 1.23 bits per heavy atom. The number of rotatable bonds is 2. The molecule has 2 N–H and O–H groups in total. The molecule has 2 amide bonds. The molecule has 0 radical (unpaired) electrons. The van der Waals surface area contributed by atoms with Crippen LogP contribution in [0.1, 0.15) is 40.0 Å². The van der Waals surface area contributed by atoms with E-state index in [1.807, 2.05) is 19.1 Å². The Labute approximate surface area is 151 Å². The number of nitrogens with zero attached hydrogens (tertiary/aromatic N) is 2. The van der Waals surface area contributed by atoms with Gasteiger partial charge >= 0.3 is 0 Å². The van der Waals surface area contributed by atoms with Crippen molar-refractivity contribution in [3.63, 3.8) is 0 Å². The quantitative estimate of drug-likeness (QED) is 0.643. The summed E-state index contributed by atoms with van der Waals surface area (Å²) in [6, 6.07) is 8.86. The second-order valence-electron chi connectivity index (χ2n) is 7.22. The highest BCUT2D eigenvalue weighted by Crippen LogP contribution is 2.41. The van der Waals surface area contributed by atoms with Crippen molar-refractivity contribution in [3.05, 3.63) is 58.9 Å². The average molecular weight is 351 g/mol. The number of hydroxylamine groups is 1. The first kappa shape index (κ1) is 16.7. The Morgan fingerprint density at radius 2 is 2.08 bits per heavy atom. The maximum atomic E-state index is 12.6. The van der Waals surface area contributed by atoms with Crippen molar-refractivity contribution in [2.45, 2.75) is 32.6 Å². The molecule has 2 heterocycles. The number of aromatic nitrogens is 1. The summed E-state index contributed by atoms with van der Waals surface area (Å²) in [6.07, 6.45) is 4.62. The molecule has 0 unspecified atom stereocenters. The number of amides is 2. The first-order valence-corrected chi connectivity index (χ1v) is 8.85. The number of aryl methyl sites for hydroxylation is 2. The summed E-state index contributed by atoms with van der Waals surface area (Å²) in [6.45, 7) is 2.59. The minimum absolute atomic E-state index is 0.150. The first-order chi connectivity index (χ1) is 12.5. The van der Waals surface area contributed by atoms with Gasteiger partial charge in [0.25, 0.3) is 5.91 Å². The van der Waals surface area contributed by atoms with Gasteiger partial charge in [-0.1, -0.05) is 6.07 Å². The minimum atomic E-state index is -0.489. The van der Waals surface area contributed by atoms with Crippen LogP contribution < -0.4 is 10.4 Å². The summed E-state index contributed by atoms with van der Waals surface area (Å²) in [5.41, 5.74) is 3.49. The Hall–Kier alpha value is -2.73. The molecule has 6 heteroatoms. The summed E-state index contributed by atoms with van der Waals surface area (Å²) in [5.74, 6) is -0.339. The van der Waals surface area contributed by atoms with Gasteiger partial charge in [-0.3, -0.25) is 19.8 Å². The fraction of sp³-hybridized carbons (Fsp3) is 0.350. The van der Waals surface area contributed by atoms with Crippen LogP contribution in [0.3, 0.4) is 0 Å². The van der Waals surface area contributed by atoms with Crippen LogP contribution in [0.5, 0.6) is 0 Å². The molecule has 1 aromatic carbocycles. The third-order valence-electron chi connectivity index (χ3n) is 5.56. The van der Waals surface area contributed by atoms with Gasteiger partial charge in [0.1, 0.15) is 0 Å². The molecule has 0 saturated carbocycles. The number of carbonyl (C=O) groups is 2. The highest BCUT2D eigenvalue weighted by Gasteiger charge is 2.44. The summed E-state index contributed by atoms with van der Waals surface area (Å²) in [4.78, 5) is 28.9. The first-order valence-electron chi connectivity index (χ1n) is 8.85. The lowest BCUT2D eigenvalue weighted by molar-refractivity contribution is -0.128. The fourth-order valence-corrected chi connectivity index (χ4v) is 3.94. The summed E-state index contributed by atoms with van der Waals surface area (Å²) in [5, 5.41) is 13.8. The molecule has 1 spiro atoms. The topological polar surface area (TPSA) is 82.5 Å². The number of benzene rings is 1. The van der Waals surface area contributed by atoms with Crippen LogP contribution >= 0.6 is 0 Å². The zero-order valence-corrected chi connectivity index (χ0v) is 14.7. The Bertz CT molecular complexity index is 878. The highest BCUT2D eigenvalue weighted by molar-refractivity contribution is 6.04. The average Bonchev–Trinajstić information content (AvgIpc) is 3.00. The normalized spacial score (nSPS) is 21.4. The summed E-state index contributed by atoms with van der Waals surface area (Å²) in [7, 11) is 0. The predicted molar refractivity (Wildman–Crippen MR) is 96.1 cm³/mol. The molecule has 26 heavy (non-hydrogen) atoms. The lowest BCUT2D eigenvalue weighted by atomic mass is 9.70. The van der Waals surface area contributed by atoms with E-state index in [1.54, 1.807) is 18.2 Å². The number of anilines is 1. The summed E-state index contributed by atoms with van der Waals surface area (Å²) >= 11 is 0. The number of hydrogen-bond donors (Lipinski definition) is 2. The Morgan fingerprint density at radius 3 is 2.77 bits per heavy atom. The number of fused-ring (bicyclic) bond motifs is 1. The van der Waals surface area contributed by atoms with Crippen LogP contribution in [0.4, 0.5) is 5.69 Å².